The molecule has 0 atom stereocenters. The van der Waals surface area contributed by atoms with E-state index in [1.165, 1.54) is 64.2 Å². The molecule has 25 heavy (non-hydrogen) atoms. The second-order valence-corrected chi connectivity index (χ2v) is 11.8. The standard InChI is InChI=1S/C22H37BI2/c1-17(2)22(3,4)23(20(24)15-18-11-7-5-8-12-18)21(25)16-19-13-9-6-10-14-19/h15-19H,5-14H2,1-4H3/b20-15-,21-16-. The van der Waals surface area contributed by atoms with E-state index in [9.17, 15) is 0 Å². The van der Waals surface area contributed by atoms with Crippen molar-refractivity contribution < 1.29 is 0 Å². The Morgan fingerprint density at radius 2 is 1.16 bits per heavy atom. The number of hydrogen-bond donors (Lipinski definition) is 0. The van der Waals surface area contributed by atoms with Gasteiger partial charge >= 0.3 is 0 Å². The van der Waals surface area contributed by atoms with Gasteiger partial charge in [0, 0.05) is 0 Å². The number of hydrogen-bond acceptors (Lipinski definition) is 0. The van der Waals surface area contributed by atoms with Gasteiger partial charge in [-0.15, -0.1) is 0 Å². The third kappa shape index (κ3) is 6.53. The molecule has 142 valence electrons. The summed E-state index contributed by atoms with van der Waals surface area (Å²) in [4.78, 5) is 0. The van der Waals surface area contributed by atoms with E-state index < -0.39 is 0 Å². The minimum atomic E-state index is 0.309. The van der Waals surface area contributed by atoms with E-state index in [4.69, 9.17) is 0 Å². The van der Waals surface area contributed by atoms with E-state index in [0.717, 1.165) is 11.8 Å². The van der Waals surface area contributed by atoms with Gasteiger partial charge in [0.15, 0.2) is 0 Å². The molecule has 2 saturated carbocycles. The maximum absolute atomic E-state index is 2.69. The zero-order valence-corrected chi connectivity index (χ0v) is 21.1. The van der Waals surface area contributed by atoms with Gasteiger partial charge in [-0.05, 0) is 55.7 Å². The highest BCUT2D eigenvalue weighted by molar-refractivity contribution is 14.1. The normalized spacial score (nSPS) is 22.5. The van der Waals surface area contributed by atoms with Crippen molar-refractivity contribution in [2.24, 2.45) is 17.8 Å². The third-order valence-electron chi connectivity index (χ3n) is 6.87. The van der Waals surface area contributed by atoms with E-state index in [0.29, 0.717) is 17.9 Å². The molecule has 3 heteroatoms. The predicted molar refractivity (Wildman–Crippen MR) is 132 cm³/mol. The van der Waals surface area contributed by atoms with Crippen LogP contribution in [0.3, 0.4) is 0 Å². The molecule has 2 aliphatic rings. The molecule has 0 aliphatic heterocycles. The highest BCUT2D eigenvalue weighted by atomic mass is 127. The smallest absolute Gasteiger partial charge is 0.0806 e. The van der Waals surface area contributed by atoms with Crippen molar-refractivity contribution in [1.29, 1.82) is 0 Å². The van der Waals surface area contributed by atoms with Crippen molar-refractivity contribution in [3.05, 3.63) is 19.1 Å². The van der Waals surface area contributed by atoms with Crippen LogP contribution in [0.15, 0.2) is 19.1 Å². The fourth-order valence-electron chi connectivity index (χ4n) is 4.42. The van der Waals surface area contributed by atoms with Gasteiger partial charge in [0.25, 0.3) is 0 Å². The molecule has 0 spiro atoms. The van der Waals surface area contributed by atoms with Crippen LogP contribution in [-0.4, -0.2) is 6.71 Å². The van der Waals surface area contributed by atoms with Crippen molar-refractivity contribution >= 4 is 51.9 Å². The summed E-state index contributed by atoms with van der Waals surface area (Å²) in [6.45, 7) is 10.4. The molecule has 0 amide bonds. The molecule has 0 aromatic heterocycles. The largest absolute Gasteiger partial charge is 0.230 e. The first kappa shape index (κ1) is 22.3. The molecule has 0 radical (unpaired) electrons. The molecule has 2 aliphatic carbocycles. The van der Waals surface area contributed by atoms with Crippen LogP contribution in [-0.2, 0) is 0 Å². The van der Waals surface area contributed by atoms with E-state index in [1.807, 2.05) is 0 Å². The quantitative estimate of drug-likeness (QED) is 0.223. The molecule has 2 rings (SSSR count). The summed E-state index contributed by atoms with van der Waals surface area (Å²) in [6.07, 6.45) is 19.5. The lowest BCUT2D eigenvalue weighted by Crippen LogP contribution is -2.34. The van der Waals surface area contributed by atoms with Crippen LogP contribution >= 0.6 is 45.2 Å². The van der Waals surface area contributed by atoms with Crippen LogP contribution < -0.4 is 0 Å². The van der Waals surface area contributed by atoms with E-state index in [-0.39, 0.29) is 0 Å². The van der Waals surface area contributed by atoms with Crippen LogP contribution in [0.4, 0.5) is 0 Å². The molecule has 0 unspecified atom stereocenters. The second-order valence-electron chi connectivity index (χ2n) is 9.31. The fraction of sp³-hybridized carbons (Fsp3) is 0.818. The van der Waals surface area contributed by atoms with Crippen LogP contribution in [0.2, 0.25) is 5.31 Å². The molecule has 0 N–H and O–H groups in total. The zero-order chi connectivity index (χ0) is 18.4. The zero-order valence-electron chi connectivity index (χ0n) is 16.8. The Balaban J connectivity index is 2.25. The summed E-state index contributed by atoms with van der Waals surface area (Å²) < 4.78 is 3.22. The van der Waals surface area contributed by atoms with Crippen LogP contribution in [0, 0.1) is 17.8 Å². The van der Waals surface area contributed by atoms with Gasteiger partial charge < -0.3 is 0 Å². The van der Waals surface area contributed by atoms with Crippen molar-refractivity contribution in [3.8, 4) is 0 Å². The van der Waals surface area contributed by atoms with Gasteiger partial charge in [-0.3, -0.25) is 0 Å². The Morgan fingerprint density at radius 1 is 0.800 bits per heavy atom. The second kappa shape index (κ2) is 10.5. The molecule has 0 aromatic rings. The first-order chi connectivity index (χ1) is 11.8. The van der Waals surface area contributed by atoms with E-state index in [2.05, 4.69) is 85.0 Å². The first-order valence-corrected chi connectivity index (χ1v) is 12.7. The van der Waals surface area contributed by atoms with Crippen molar-refractivity contribution in [1.82, 2.24) is 0 Å². The topological polar surface area (TPSA) is 0 Å². The average Bonchev–Trinajstić information content (AvgIpc) is 2.56. The first-order valence-electron chi connectivity index (χ1n) is 10.6. The summed E-state index contributed by atoms with van der Waals surface area (Å²) in [5.74, 6) is 2.33. The molecule has 0 heterocycles. The fourth-order valence-corrected chi connectivity index (χ4v) is 8.31. The van der Waals surface area contributed by atoms with E-state index in [1.54, 1.807) is 6.96 Å². The molecule has 0 saturated heterocycles. The van der Waals surface area contributed by atoms with Crippen molar-refractivity contribution in [2.45, 2.75) is 97.2 Å². The summed E-state index contributed by atoms with van der Waals surface area (Å²) in [6, 6.07) is 0. The lowest BCUT2D eigenvalue weighted by Gasteiger charge is -2.37. The maximum atomic E-state index is 2.69. The monoisotopic (exact) mass is 566 g/mol. The van der Waals surface area contributed by atoms with Crippen LogP contribution in [0.25, 0.3) is 0 Å². The summed E-state index contributed by atoms with van der Waals surface area (Å²) >= 11 is 5.38. The minimum absolute atomic E-state index is 0.309. The summed E-state index contributed by atoms with van der Waals surface area (Å²) in [7, 11) is 0. The minimum Gasteiger partial charge on any atom is -0.0806 e. The van der Waals surface area contributed by atoms with Crippen molar-refractivity contribution in [2.75, 3.05) is 0 Å². The molecular weight excluding hydrogens is 529 g/mol. The molecular formula is C22H37BI2. The Bertz CT molecular complexity index is 432. The van der Waals surface area contributed by atoms with Gasteiger partial charge in [-0.25, -0.2) is 0 Å². The maximum Gasteiger partial charge on any atom is 0.230 e. The Kier molecular flexibility index (Phi) is 9.38. The molecule has 2 fully saturated rings. The van der Waals surface area contributed by atoms with Gasteiger partial charge in [0.05, 0.1) is 0 Å². The van der Waals surface area contributed by atoms with Gasteiger partial charge in [0.2, 0.25) is 6.71 Å². The number of allylic oxidation sites excluding steroid dienone is 2. The highest BCUT2D eigenvalue weighted by Crippen LogP contribution is 2.47. The Labute approximate surface area is 184 Å². The predicted octanol–water partition coefficient (Wildman–Crippen LogP) is 8.79. The summed E-state index contributed by atoms with van der Waals surface area (Å²) in [5.41, 5.74) is 0. The molecule has 0 bridgehead atoms. The lowest BCUT2D eigenvalue weighted by molar-refractivity contribution is 0.418. The lowest BCUT2D eigenvalue weighted by atomic mass is 9.31. The summed E-state index contributed by atoms with van der Waals surface area (Å²) in [5, 5.41) is 0.309. The Morgan fingerprint density at radius 3 is 1.48 bits per heavy atom. The van der Waals surface area contributed by atoms with E-state index >= 15 is 0 Å². The average molecular weight is 566 g/mol. The van der Waals surface area contributed by atoms with Crippen molar-refractivity contribution in [3.63, 3.8) is 0 Å². The third-order valence-corrected chi connectivity index (χ3v) is 8.84. The van der Waals surface area contributed by atoms with Gasteiger partial charge in [-0.1, -0.05) is 124 Å². The number of halogens is 2. The van der Waals surface area contributed by atoms with Crippen LogP contribution in [0.5, 0.6) is 0 Å². The van der Waals surface area contributed by atoms with Gasteiger partial charge in [0.1, 0.15) is 0 Å². The number of rotatable bonds is 6. The Hall–Kier alpha value is 1.00. The molecule has 0 aromatic carbocycles. The molecule has 0 nitrogen and oxygen atoms in total. The highest BCUT2D eigenvalue weighted by Gasteiger charge is 2.40. The van der Waals surface area contributed by atoms with Gasteiger partial charge in [-0.2, -0.15) is 0 Å². The van der Waals surface area contributed by atoms with Crippen LogP contribution in [0.1, 0.15) is 91.9 Å². The SMILES string of the molecule is CC(C)C(C)(C)B(/C(I)=C/C1CCCCC1)/C(I)=C/C1CCCCC1.